The lowest BCUT2D eigenvalue weighted by Gasteiger charge is -2.33. The van der Waals surface area contributed by atoms with Gasteiger partial charge in [-0.25, -0.2) is 9.10 Å². The van der Waals surface area contributed by atoms with Gasteiger partial charge in [-0.15, -0.1) is 0 Å². The summed E-state index contributed by atoms with van der Waals surface area (Å²) in [6, 6.07) is 12.5. The van der Waals surface area contributed by atoms with Gasteiger partial charge in [0.05, 0.1) is 10.7 Å². The number of nitrogens with zero attached hydrogens (tertiary/aromatic N) is 1. The average molecular weight is 360 g/mol. The Morgan fingerprint density at radius 1 is 1.09 bits per heavy atom. The fourth-order valence-corrected chi connectivity index (χ4v) is 3.26. The summed E-state index contributed by atoms with van der Waals surface area (Å²) in [6.07, 6.45) is -8.03. The molecule has 3 rings (SSSR count). The predicted octanol–water partition coefficient (Wildman–Crippen LogP) is 5.61. The van der Waals surface area contributed by atoms with E-state index in [4.69, 9.17) is 11.6 Å². The van der Waals surface area contributed by atoms with Crippen LogP contribution in [0.15, 0.2) is 53.4 Å². The normalized spacial score (nSPS) is 17.7. The van der Waals surface area contributed by atoms with Crippen molar-refractivity contribution >= 4 is 35.3 Å². The third-order valence-electron chi connectivity index (χ3n) is 3.15. The fraction of sp³-hybridized carbons (Fsp3) is 0.133. The summed E-state index contributed by atoms with van der Waals surface area (Å²) in [4.78, 5) is 12.6. The van der Waals surface area contributed by atoms with E-state index < -0.39 is 18.4 Å². The van der Waals surface area contributed by atoms with Crippen molar-refractivity contribution in [3.05, 3.63) is 59.1 Å². The maximum atomic E-state index is 13.1. The van der Waals surface area contributed by atoms with E-state index in [1.807, 2.05) is 0 Å². The van der Waals surface area contributed by atoms with Gasteiger partial charge < -0.3 is 4.74 Å². The summed E-state index contributed by atoms with van der Waals surface area (Å²) in [5.74, 6) is 0. The number of halogens is 4. The molecule has 0 bridgehead atoms. The molecular weight excluding hydrogens is 351 g/mol. The van der Waals surface area contributed by atoms with Crippen LogP contribution in [0.1, 0.15) is 11.7 Å². The molecule has 23 heavy (non-hydrogen) atoms. The van der Waals surface area contributed by atoms with E-state index in [2.05, 4.69) is 4.74 Å². The number of carbonyl (C=O) groups is 1. The number of amides is 1. The maximum Gasteiger partial charge on any atom is 0.430 e. The van der Waals surface area contributed by atoms with Crippen LogP contribution in [0.5, 0.6) is 0 Å². The standard InChI is InChI=1S/C15H9ClF3NO2S/c16-10-6-2-4-8-12(10)23-20-11-7-3-1-5-9(11)13(15(17,18)19)22-14(20)21/h1-8,13H. The number of carbonyl (C=O) groups excluding carboxylic acids is 1. The van der Waals surface area contributed by atoms with Gasteiger partial charge in [0.1, 0.15) is 0 Å². The van der Waals surface area contributed by atoms with Gasteiger partial charge in [-0.3, -0.25) is 0 Å². The molecule has 1 atom stereocenters. The number of rotatable bonds is 2. The molecule has 2 aromatic rings. The number of hydrogen-bond acceptors (Lipinski definition) is 3. The molecule has 0 N–H and O–H groups in total. The number of benzene rings is 2. The van der Waals surface area contributed by atoms with Crippen LogP contribution >= 0.6 is 23.5 Å². The Morgan fingerprint density at radius 3 is 2.43 bits per heavy atom. The topological polar surface area (TPSA) is 29.5 Å². The molecule has 0 aliphatic carbocycles. The van der Waals surface area contributed by atoms with E-state index >= 15 is 0 Å². The number of para-hydroxylation sites is 1. The van der Waals surface area contributed by atoms with Crippen LogP contribution in [0.25, 0.3) is 0 Å². The third kappa shape index (κ3) is 3.11. The first kappa shape index (κ1) is 16.0. The minimum atomic E-state index is -4.67. The van der Waals surface area contributed by atoms with Gasteiger partial charge in [-0.1, -0.05) is 41.9 Å². The zero-order chi connectivity index (χ0) is 16.6. The van der Waals surface area contributed by atoms with E-state index in [-0.39, 0.29) is 11.3 Å². The van der Waals surface area contributed by atoms with Crippen molar-refractivity contribution in [3.8, 4) is 0 Å². The van der Waals surface area contributed by atoms with Crippen LogP contribution in [0.4, 0.5) is 23.7 Å². The van der Waals surface area contributed by atoms with Crippen molar-refractivity contribution in [2.45, 2.75) is 17.2 Å². The zero-order valence-corrected chi connectivity index (χ0v) is 13.0. The van der Waals surface area contributed by atoms with Crippen LogP contribution in [0.3, 0.4) is 0 Å². The Labute approximate surface area is 139 Å². The SMILES string of the molecule is O=C1OC(C(F)(F)F)c2ccccc2N1Sc1ccccc1Cl. The van der Waals surface area contributed by atoms with Crippen LogP contribution in [-0.2, 0) is 4.74 Å². The monoisotopic (exact) mass is 359 g/mol. The van der Waals surface area contributed by atoms with Crippen molar-refractivity contribution in [2.75, 3.05) is 4.31 Å². The highest BCUT2D eigenvalue weighted by atomic mass is 35.5. The lowest BCUT2D eigenvalue weighted by molar-refractivity contribution is -0.206. The molecule has 0 fully saturated rings. The minimum Gasteiger partial charge on any atom is -0.430 e. The second-order valence-corrected chi connectivity index (χ2v) is 6.08. The Morgan fingerprint density at radius 2 is 1.74 bits per heavy atom. The molecule has 0 spiro atoms. The van der Waals surface area contributed by atoms with E-state index in [0.29, 0.717) is 9.92 Å². The Kier molecular flexibility index (Phi) is 4.16. The summed E-state index contributed by atoms with van der Waals surface area (Å²) in [5.41, 5.74) is 0.0233. The summed E-state index contributed by atoms with van der Waals surface area (Å²) in [5, 5.41) is 0.390. The van der Waals surface area contributed by atoms with Gasteiger partial charge in [0.15, 0.2) is 0 Å². The Bertz CT molecular complexity index is 753. The zero-order valence-electron chi connectivity index (χ0n) is 11.4. The smallest absolute Gasteiger partial charge is 0.430 e. The molecule has 120 valence electrons. The molecule has 8 heteroatoms. The Hall–Kier alpha value is -1.86. The van der Waals surface area contributed by atoms with Gasteiger partial charge in [0, 0.05) is 10.5 Å². The summed E-state index contributed by atoms with van der Waals surface area (Å²) in [7, 11) is 0. The van der Waals surface area contributed by atoms with E-state index in [1.165, 1.54) is 18.2 Å². The molecule has 2 aromatic carbocycles. The number of hydrogen-bond donors (Lipinski definition) is 0. The van der Waals surface area contributed by atoms with Gasteiger partial charge in [-0.2, -0.15) is 13.2 Å². The molecule has 0 saturated heterocycles. The molecule has 1 aliphatic heterocycles. The van der Waals surface area contributed by atoms with Crippen molar-refractivity contribution in [2.24, 2.45) is 0 Å². The first-order valence-electron chi connectivity index (χ1n) is 6.47. The Balaban J connectivity index is 2.02. The lowest BCUT2D eigenvalue weighted by Crippen LogP contribution is -2.37. The first-order chi connectivity index (χ1) is 10.9. The quantitative estimate of drug-likeness (QED) is 0.653. The van der Waals surface area contributed by atoms with Gasteiger partial charge >= 0.3 is 12.3 Å². The number of fused-ring (bicyclic) bond motifs is 1. The highest BCUT2D eigenvalue weighted by Gasteiger charge is 2.49. The number of ether oxygens (including phenoxy) is 1. The van der Waals surface area contributed by atoms with Crippen molar-refractivity contribution in [3.63, 3.8) is 0 Å². The lowest BCUT2D eigenvalue weighted by atomic mass is 10.1. The van der Waals surface area contributed by atoms with Crippen LogP contribution in [0.2, 0.25) is 5.02 Å². The molecule has 0 aromatic heterocycles. The largest absolute Gasteiger partial charge is 0.430 e. The first-order valence-corrected chi connectivity index (χ1v) is 7.62. The fourth-order valence-electron chi connectivity index (χ4n) is 2.15. The van der Waals surface area contributed by atoms with Crippen molar-refractivity contribution in [1.82, 2.24) is 0 Å². The average Bonchev–Trinajstić information content (AvgIpc) is 2.50. The van der Waals surface area contributed by atoms with Crippen LogP contribution < -0.4 is 4.31 Å². The summed E-state index contributed by atoms with van der Waals surface area (Å²) < 4.78 is 44.9. The van der Waals surface area contributed by atoms with Gasteiger partial charge in [-0.05, 0) is 30.1 Å². The summed E-state index contributed by atoms with van der Waals surface area (Å²) >= 11 is 6.95. The third-order valence-corrected chi connectivity index (χ3v) is 4.67. The van der Waals surface area contributed by atoms with Gasteiger partial charge in [0.2, 0.25) is 6.10 Å². The molecule has 1 aliphatic rings. The number of alkyl halides is 3. The molecule has 1 heterocycles. The number of anilines is 1. The van der Waals surface area contributed by atoms with E-state index in [0.717, 1.165) is 16.3 Å². The second-order valence-electron chi connectivity index (χ2n) is 4.68. The van der Waals surface area contributed by atoms with Crippen LogP contribution in [-0.4, -0.2) is 12.3 Å². The minimum absolute atomic E-state index is 0.112. The van der Waals surface area contributed by atoms with E-state index in [1.54, 1.807) is 30.3 Å². The highest BCUT2D eigenvalue weighted by molar-refractivity contribution is 8.01. The predicted molar refractivity (Wildman–Crippen MR) is 81.5 cm³/mol. The number of cyclic esters (lactones) is 1. The molecule has 0 radical (unpaired) electrons. The molecule has 0 saturated carbocycles. The summed E-state index contributed by atoms with van der Waals surface area (Å²) in [6.45, 7) is 0. The molecular formula is C15H9ClF3NO2S. The van der Waals surface area contributed by atoms with Crippen LogP contribution in [0, 0.1) is 0 Å². The van der Waals surface area contributed by atoms with Gasteiger partial charge in [0.25, 0.3) is 0 Å². The molecule has 1 unspecified atom stereocenters. The second kappa shape index (κ2) is 5.98. The van der Waals surface area contributed by atoms with Crippen molar-refractivity contribution < 1.29 is 22.7 Å². The van der Waals surface area contributed by atoms with E-state index in [9.17, 15) is 18.0 Å². The van der Waals surface area contributed by atoms with Crippen molar-refractivity contribution in [1.29, 1.82) is 0 Å². The molecule has 3 nitrogen and oxygen atoms in total. The highest BCUT2D eigenvalue weighted by Crippen LogP contribution is 2.47. The molecule has 1 amide bonds. The maximum absolute atomic E-state index is 13.1.